The van der Waals surface area contributed by atoms with E-state index >= 15 is 0 Å². The maximum Gasteiger partial charge on any atom is 0.324 e. The van der Waals surface area contributed by atoms with E-state index in [9.17, 15) is 14.4 Å². The summed E-state index contributed by atoms with van der Waals surface area (Å²) in [4.78, 5) is 39.6. The summed E-state index contributed by atoms with van der Waals surface area (Å²) >= 11 is 0. The minimum absolute atomic E-state index is 0.322. The third-order valence-corrected chi connectivity index (χ3v) is 4.25. The highest BCUT2D eigenvalue weighted by Gasteiger charge is 2.17. The number of likely N-dealkylation sites (N-methyl/N-ethyl adjacent to an activating group) is 1. The molecule has 0 bridgehead atoms. The van der Waals surface area contributed by atoms with E-state index in [1.54, 1.807) is 53.4 Å². The highest BCUT2D eigenvalue weighted by molar-refractivity contribution is 6.04. The van der Waals surface area contributed by atoms with Gasteiger partial charge in [0.25, 0.3) is 11.8 Å². The van der Waals surface area contributed by atoms with Gasteiger partial charge in [-0.15, -0.1) is 0 Å². The molecule has 0 atom stereocenters. The molecule has 8 heteroatoms. The number of carbonyl (C=O) groups excluding carboxylic acids is 3. The first-order chi connectivity index (χ1) is 14.4. The van der Waals surface area contributed by atoms with E-state index in [0.29, 0.717) is 25.2 Å². The van der Waals surface area contributed by atoms with Gasteiger partial charge in [-0.05, 0) is 43.4 Å². The first-order valence-corrected chi connectivity index (χ1v) is 9.40. The summed E-state index contributed by atoms with van der Waals surface area (Å²) in [7, 11) is 3.82. The molecule has 0 aliphatic heterocycles. The average molecular weight is 410 g/mol. The predicted molar refractivity (Wildman–Crippen MR) is 114 cm³/mol. The van der Waals surface area contributed by atoms with Gasteiger partial charge in [0, 0.05) is 31.3 Å². The molecule has 0 fully saturated rings. The van der Waals surface area contributed by atoms with Crippen molar-refractivity contribution in [3.63, 3.8) is 0 Å². The standard InChI is InChI=1S/C22H26N4O4/c1-25(2)14-15-26(22(29)23-21(28)19-6-4-3-5-7-19)16-18-10-8-17(9-11-18)12-13-20(27)24-30/h3-13,30H,14-16H2,1-2H3,(H,24,27)(H,23,28,29). The number of imide groups is 1. The van der Waals surface area contributed by atoms with Crippen LogP contribution in [-0.2, 0) is 11.3 Å². The fourth-order valence-electron chi connectivity index (χ4n) is 2.57. The SMILES string of the molecule is CN(C)CCN(Cc1ccc(C=CC(=O)NO)cc1)C(=O)NC(=O)c1ccccc1. The van der Waals surface area contributed by atoms with Gasteiger partial charge in [-0.25, -0.2) is 10.3 Å². The van der Waals surface area contributed by atoms with Crippen LogP contribution in [0.3, 0.4) is 0 Å². The van der Waals surface area contributed by atoms with Crippen LogP contribution in [0.2, 0.25) is 0 Å². The number of carbonyl (C=O) groups is 3. The Morgan fingerprint density at radius 2 is 1.63 bits per heavy atom. The Labute approximate surface area is 175 Å². The van der Waals surface area contributed by atoms with E-state index in [-0.39, 0.29) is 0 Å². The second kappa shape index (κ2) is 11.5. The third kappa shape index (κ3) is 7.50. The molecule has 2 aromatic rings. The number of hydrogen-bond donors (Lipinski definition) is 3. The molecule has 0 saturated carbocycles. The molecule has 0 aliphatic carbocycles. The van der Waals surface area contributed by atoms with Gasteiger partial charge in [0.15, 0.2) is 0 Å². The Bertz CT molecular complexity index is 880. The van der Waals surface area contributed by atoms with E-state index in [0.717, 1.165) is 11.1 Å². The number of urea groups is 1. The van der Waals surface area contributed by atoms with Gasteiger partial charge in [-0.1, -0.05) is 42.5 Å². The molecule has 30 heavy (non-hydrogen) atoms. The molecular weight excluding hydrogens is 384 g/mol. The minimum atomic E-state index is -0.617. The molecular formula is C22H26N4O4. The number of nitrogens with one attached hydrogen (secondary N) is 2. The van der Waals surface area contributed by atoms with Crippen molar-refractivity contribution in [3.05, 3.63) is 77.4 Å². The van der Waals surface area contributed by atoms with E-state index in [4.69, 9.17) is 5.21 Å². The zero-order chi connectivity index (χ0) is 21.9. The molecule has 4 amide bonds. The Morgan fingerprint density at radius 3 is 2.23 bits per heavy atom. The fraction of sp³-hybridized carbons (Fsp3) is 0.227. The second-order valence-corrected chi connectivity index (χ2v) is 6.90. The number of hydroxylamine groups is 1. The zero-order valence-electron chi connectivity index (χ0n) is 17.0. The lowest BCUT2D eigenvalue weighted by Gasteiger charge is -2.24. The molecule has 0 spiro atoms. The molecule has 2 aromatic carbocycles. The van der Waals surface area contributed by atoms with Crippen molar-refractivity contribution in [2.75, 3.05) is 27.2 Å². The largest absolute Gasteiger partial charge is 0.324 e. The van der Waals surface area contributed by atoms with Crippen LogP contribution in [0, 0.1) is 0 Å². The number of amides is 4. The van der Waals surface area contributed by atoms with Crippen molar-refractivity contribution in [2.45, 2.75) is 6.54 Å². The van der Waals surface area contributed by atoms with Crippen LogP contribution in [0.5, 0.6) is 0 Å². The van der Waals surface area contributed by atoms with Crippen molar-refractivity contribution < 1.29 is 19.6 Å². The molecule has 3 N–H and O–H groups in total. The molecule has 0 radical (unpaired) electrons. The van der Waals surface area contributed by atoms with Crippen molar-refractivity contribution in [1.82, 2.24) is 20.6 Å². The molecule has 0 aromatic heterocycles. The van der Waals surface area contributed by atoms with Crippen molar-refractivity contribution in [2.24, 2.45) is 0 Å². The summed E-state index contributed by atoms with van der Waals surface area (Å²) in [6, 6.07) is 15.4. The second-order valence-electron chi connectivity index (χ2n) is 6.90. The van der Waals surface area contributed by atoms with Crippen LogP contribution in [0.1, 0.15) is 21.5 Å². The van der Waals surface area contributed by atoms with E-state index in [1.165, 1.54) is 11.6 Å². The van der Waals surface area contributed by atoms with Gasteiger partial charge in [0.05, 0.1) is 0 Å². The van der Waals surface area contributed by atoms with Crippen molar-refractivity contribution in [1.29, 1.82) is 0 Å². The van der Waals surface area contributed by atoms with Crippen LogP contribution in [0.4, 0.5) is 4.79 Å². The summed E-state index contributed by atoms with van der Waals surface area (Å²) in [5.74, 6) is -1.06. The Balaban J connectivity index is 2.06. The van der Waals surface area contributed by atoms with Crippen molar-refractivity contribution >= 4 is 23.9 Å². The normalized spacial score (nSPS) is 10.8. The molecule has 0 unspecified atom stereocenters. The third-order valence-electron chi connectivity index (χ3n) is 4.25. The first kappa shape index (κ1) is 22.8. The Kier molecular flexibility index (Phi) is 8.74. The smallest absolute Gasteiger partial charge is 0.319 e. The molecule has 2 rings (SSSR count). The van der Waals surface area contributed by atoms with Crippen LogP contribution >= 0.6 is 0 Å². The monoisotopic (exact) mass is 410 g/mol. The Hall–Kier alpha value is -3.49. The first-order valence-electron chi connectivity index (χ1n) is 9.40. The van der Waals surface area contributed by atoms with Crippen LogP contribution in [0.15, 0.2) is 60.7 Å². The summed E-state index contributed by atoms with van der Waals surface area (Å²) in [5.41, 5.74) is 3.59. The summed E-state index contributed by atoms with van der Waals surface area (Å²) in [6.07, 6.45) is 2.77. The van der Waals surface area contributed by atoms with Gasteiger partial charge >= 0.3 is 6.03 Å². The molecule has 0 saturated heterocycles. The quantitative estimate of drug-likeness (QED) is 0.352. The highest BCUT2D eigenvalue weighted by atomic mass is 16.5. The number of benzene rings is 2. The number of hydrogen-bond acceptors (Lipinski definition) is 5. The van der Waals surface area contributed by atoms with Gasteiger partial charge in [-0.3, -0.25) is 20.1 Å². The zero-order valence-corrected chi connectivity index (χ0v) is 17.0. The van der Waals surface area contributed by atoms with Crippen LogP contribution in [-0.4, -0.2) is 60.0 Å². The lowest BCUT2D eigenvalue weighted by atomic mass is 10.1. The molecule has 8 nitrogen and oxygen atoms in total. The van der Waals surface area contributed by atoms with E-state index in [2.05, 4.69) is 5.32 Å². The lowest BCUT2D eigenvalue weighted by Crippen LogP contribution is -2.44. The van der Waals surface area contributed by atoms with Crippen LogP contribution in [0.25, 0.3) is 6.08 Å². The van der Waals surface area contributed by atoms with Gasteiger partial charge in [0.2, 0.25) is 0 Å². The van der Waals surface area contributed by atoms with Gasteiger partial charge < -0.3 is 9.80 Å². The van der Waals surface area contributed by atoms with Gasteiger partial charge in [-0.2, -0.15) is 0 Å². The number of nitrogens with zero attached hydrogens (tertiary/aromatic N) is 2. The maximum absolute atomic E-state index is 12.7. The summed E-state index contributed by atoms with van der Waals surface area (Å²) in [6.45, 7) is 1.41. The minimum Gasteiger partial charge on any atom is -0.319 e. The molecule has 0 heterocycles. The number of rotatable bonds is 8. The summed E-state index contributed by atoms with van der Waals surface area (Å²) in [5, 5.41) is 11.0. The van der Waals surface area contributed by atoms with E-state index < -0.39 is 17.8 Å². The molecule has 158 valence electrons. The Morgan fingerprint density at radius 1 is 0.967 bits per heavy atom. The molecule has 0 aliphatic rings. The summed E-state index contributed by atoms with van der Waals surface area (Å²) < 4.78 is 0. The average Bonchev–Trinajstić information content (AvgIpc) is 2.76. The van der Waals surface area contributed by atoms with Crippen molar-refractivity contribution in [3.8, 4) is 0 Å². The lowest BCUT2D eigenvalue weighted by molar-refractivity contribution is -0.124. The fourth-order valence-corrected chi connectivity index (χ4v) is 2.57. The highest BCUT2D eigenvalue weighted by Crippen LogP contribution is 2.10. The maximum atomic E-state index is 12.7. The van der Waals surface area contributed by atoms with E-state index in [1.807, 2.05) is 31.1 Å². The van der Waals surface area contributed by atoms with Crippen LogP contribution < -0.4 is 10.8 Å². The topological polar surface area (TPSA) is 102 Å². The predicted octanol–water partition coefficient (Wildman–Crippen LogP) is 2.12. The van der Waals surface area contributed by atoms with Gasteiger partial charge in [0.1, 0.15) is 0 Å².